The van der Waals surface area contributed by atoms with Crippen molar-refractivity contribution < 1.29 is 24.3 Å². The van der Waals surface area contributed by atoms with E-state index in [0.29, 0.717) is 5.13 Å². The Balaban J connectivity index is 1.61. The number of carbonyl (C=O) groups excluding carboxylic acids is 2. The number of nitrogens with zero attached hydrogens (tertiary/aromatic N) is 5. The van der Waals surface area contributed by atoms with Crippen molar-refractivity contribution in [2.75, 3.05) is 18.3 Å². The second-order valence-corrected chi connectivity index (χ2v) is 9.97. The predicted octanol–water partition coefficient (Wildman–Crippen LogP) is 0.663. The number of carbonyl (C=O) groups is 3. The van der Waals surface area contributed by atoms with Crippen LogP contribution in [0.15, 0.2) is 32.3 Å². The highest BCUT2D eigenvalue weighted by atomic mass is 32.2. The molecule has 0 saturated carbocycles. The molecule has 34 heavy (non-hydrogen) atoms. The van der Waals surface area contributed by atoms with Crippen LogP contribution in [0.4, 0.5) is 10.3 Å². The molecule has 16 heteroatoms. The van der Waals surface area contributed by atoms with Gasteiger partial charge in [0, 0.05) is 16.3 Å². The van der Waals surface area contributed by atoms with Gasteiger partial charge in [0.1, 0.15) is 29.8 Å². The largest absolute Gasteiger partial charge is 0.477 e. The van der Waals surface area contributed by atoms with E-state index in [4.69, 9.17) is 16.3 Å². The van der Waals surface area contributed by atoms with Gasteiger partial charge in [0.25, 0.3) is 0 Å². The Labute approximate surface area is 204 Å². The van der Waals surface area contributed by atoms with E-state index in [1.165, 1.54) is 30.0 Å². The molecule has 2 aromatic heterocycles. The van der Waals surface area contributed by atoms with Gasteiger partial charge in [0.2, 0.25) is 16.8 Å². The number of ketones is 1. The lowest BCUT2D eigenvalue weighted by Crippen LogP contribution is -2.66. The fraction of sp³-hybridized carbons (Fsp3) is 0.278. The molecule has 13 nitrogen and oxygen atoms in total. The second kappa shape index (κ2) is 9.49. The number of aromatic nitrogens is 2. The first-order valence-corrected chi connectivity index (χ1v) is 12.2. The molecule has 4 rings (SSSR count). The number of oxime groups is 1. The zero-order chi connectivity index (χ0) is 24.6. The zero-order valence-electron chi connectivity index (χ0n) is 17.7. The number of carboxylic acids is 1. The predicted molar refractivity (Wildman–Crippen MR) is 128 cm³/mol. The highest BCUT2D eigenvalue weighted by molar-refractivity contribution is 8.00. The molecule has 6 N–H and O–H groups in total. The number of hydrogen-bond donors (Lipinski definition) is 4. The highest BCUT2D eigenvalue weighted by Gasteiger charge is 2.59. The molecule has 3 atom stereocenters. The minimum absolute atomic E-state index is 0.117. The van der Waals surface area contributed by atoms with Crippen LogP contribution < -0.4 is 16.9 Å². The van der Waals surface area contributed by atoms with Crippen molar-refractivity contribution in [3.05, 3.63) is 33.4 Å². The number of carboxylic acid groups (broad SMARTS) is 1. The van der Waals surface area contributed by atoms with E-state index in [0.717, 1.165) is 33.7 Å². The SMILES string of the molecule is CO/N=C(\C(=O)C1C(=O)N2C(C(=O)O)=C(C=NNc3nc(C)cs3)C(N)S[C@H]12)c1csc(N)n1. The summed E-state index contributed by atoms with van der Waals surface area (Å²) in [6, 6.07) is 0. The molecule has 2 unspecified atom stereocenters. The number of hydrogen-bond acceptors (Lipinski definition) is 14. The molecule has 1 saturated heterocycles. The Bertz CT molecular complexity index is 1250. The molecular formula is C18H18N8O5S3. The highest BCUT2D eigenvalue weighted by Crippen LogP contribution is 2.46. The van der Waals surface area contributed by atoms with Crippen LogP contribution in [0, 0.1) is 12.8 Å². The van der Waals surface area contributed by atoms with Gasteiger partial charge in [-0.25, -0.2) is 14.8 Å². The summed E-state index contributed by atoms with van der Waals surface area (Å²) in [6.07, 6.45) is 1.24. The molecule has 178 valence electrons. The average Bonchev–Trinajstić information content (AvgIpc) is 3.40. The van der Waals surface area contributed by atoms with E-state index in [9.17, 15) is 19.5 Å². The van der Waals surface area contributed by atoms with Crippen LogP contribution in [0.25, 0.3) is 0 Å². The Morgan fingerprint density at radius 3 is 2.68 bits per heavy atom. The van der Waals surface area contributed by atoms with Crippen LogP contribution in [-0.4, -0.2) is 67.4 Å². The summed E-state index contributed by atoms with van der Waals surface area (Å²) in [7, 11) is 1.25. The smallest absolute Gasteiger partial charge is 0.353 e. The van der Waals surface area contributed by atoms with Gasteiger partial charge in [-0.1, -0.05) is 5.16 Å². The molecule has 0 bridgehead atoms. The average molecular weight is 523 g/mol. The van der Waals surface area contributed by atoms with Gasteiger partial charge in [-0.15, -0.1) is 34.4 Å². The fourth-order valence-electron chi connectivity index (χ4n) is 3.36. The van der Waals surface area contributed by atoms with Crippen LogP contribution in [0.3, 0.4) is 0 Å². The number of amides is 1. The van der Waals surface area contributed by atoms with Crippen LogP contribution >= 0.6 is 34.4 Å². The van der Waals surface area contributed by atoms with E-state index in [1.54, 1.807) is 0 Å². The standard InChI is InChI=1S/C18H18N8O5S3/c1-6-4-33-18(22-6)24-21-3-7-11(16(29)30)26-14(28)9(15(26)34-13(7)19)12(27)10(25-31-2)8-5-32-17(20)23-8/h3-5,9,13,15H,19H2,1-2H3,(H2,20,23)(H,22,24)(H,29,30)/b21-3?,25-10-/t9?,13?,15-/m1/s1. The Morgan fingerprint density at radius 1 is 1.32 bits per heavy atom. The summed E-state index contributed by atoms with van der Waals surface area (Å²) in [5.74, 6) is -3.95. The quantitative estimate of drug-likeness (QED) is 0.164. The number of Topliss-reactive ketones (excluding diaryl/α,β-unsaturated/α-hetero) is 1. The zero-order valence-corrected chi connectivity index (χ0v) is 20.1. The van der Waals surface area contributed by atoms with Gasteiger partial charge in [0.15, 0.2) is 10.8 Å². The van der Waals surface area contributed by atoms with E-state index in [1.807, 2.05) is 12.3 Å². The molecule has 2 aliphatic heterocycles. The summed E-state index contributed by atoms with van der Waals surface area (Å²) in [6.45, 7) is 1.82. The number of β-lactam (4-membered cyclic amide) rings is 1. The Morgan fingerprint density at radius 2 is 2.09 bits per heavy atom. The van der Waals surface area contributed by atoms with Crippen LogP contribution in [-0.2, 0) is 19.2 Å². The number of nitrogen functional groups attached to an aromatic ring is 1. The number of hydrazone groups is 1. The molecule has 0 spiro atoms. The number of nitrogens with two attached hydrogens (primary N) is 2. The maximum Gasteiger partial charge on any atom is 0.353 e. The fourth-order valence-corrected chi connectivity index (χ4v) is 5.89. The number of thiazole rings is 2. The van der Waals surface area contributed by atoms with Gasteiger partial charge >= 0.3 is 5.97 Å². The van der Waals surface area contributed by atoms with Crippen molar-refractivity contribution >= 4 is 74.3 Å². The molecule has 1 amide bonds. The number of fused-ring (bicyclic) bond motifs is 1. The van der Waals surface area contributed by atoms with Gasteiger partial charge in [-0.05, 0) is 6.92 Å². The first kappa shape index (κ1) is 23.8. The molecule has 0 aromatic carbocycles. The number of rotatable bonds is 8. The molecule has 2 aromatic rings. The number of anilines is 2. The van der Waals surface area contributed by atoms with E-state index < -0.39 is 34.3 Å². The van der Waals surface area contributed by atoms with Crippen molar-refractivity contribution in [2.45, 2.75) is 17.7 Å². The van der Waals surface area contributed by atoms with Crippen molar-refractivity contribution in [3.63, 3.8) is 0 Å². The van der Waals surface area contributed by atoms with Gasteiger partial charge < -0.3 is 21.4 Å². The van der Waals surface area contributed by atoms with Crippen LogP contribution in [0.1, 0.15) is 11.4 Å². The number of nitrogens with one attached hydrogen (secondary N) is 1. The molecule has 0 radical (unpaired) electrons. The molecular weight excluding hydrogens is 504 g/mol. The first-order chi connectivity index (χ1) is 16.2. The van der Waals surface area contributed by atoms with E-state index in [-0.39, 0.29) is 27.8 Å². The molecule has 4 heterocycles. The first-order valence-electron chi connectivity index (χ1n) is 9.52. The third kappa shape index (κ3) is 4.27. The van der Waals surface area contributed by atoms with Gasteiger partial charge in [-0.2, -0.15) is 5.10 Å². The third-order valence-electron chi connectivity index (χ3n) is 4.80. The summed E-state index contributed by atoms with van der Waals surface area (Å²) in [4.78, 5) is 52.3. The number of aliphatic carboxylic acids is 1. The second-order valence-electron chi connectivity index (χ2n) is 6.96. The topological polar surface area (TPSA) is 198 Å². The van der Waals surface area contributed by atoms with Crippen molar-refractivity contribution in [1.82, 2.24) is 14.9 Å². The molecule has 2 aliphatic rings. The van der Waals surface area contributed by atoms with Crippen LogP contribution in [0.2, 0.25) is 0 Å². The minimum Gasteiger partial charge on any atom is -0.477 e. The van der Waals surface area contributed by atoms with Gasteiger partial charge in [0.05, 0.1) is 17.3 Å². The van der Waals surface area contributed by atoms with Crippen molar-refractivity contribution in [3.8, 4) is 0 Å². The molecule has 0 aliphatic carbocycles. The Kier molecular flexibility index (Phi) is 6.65. The Hall–Kier alpha value is -3.34. The van der Waals surface area contributed by atoms with E-state index in [2.05, 4.69) is 25.7 Å². The lowest BCUT2D eigenvalue weighted by Gasteiger charge is -2.49. The summed E-state index contributed by atoms with van der Waals surface area (Å²) in [5, 5.41) is 19.9. The lowest BCUT2D eigenvalue weighted by atomic mass is 9.88. The monoisotopic (exact) mass is 522 g/mol. The third-order valence-corrected chi connectivity index (χ3v) is 7.65. The van der Waals surface area contributed by atoms with E-state index >= 15 is 0 Å². The summed E-state index contributed by atoms with van der Waals surface area (Å²) >= 11 is 3.49. The summed E-state index contributed by atoms with van der Waals surface area (Å²) in [5.41, 5.74) is 15.1. The maximum atomic E-state index is 13.2. The number of aryl methyl sites for hydroxylation is 1. The maximum absolute atomic E-state index is 13.2. The van der Waals surface area contributed by atoms with Gasteiger partial charge in [-0.3, -0.25) is 19.9 Å². The molecule has 1 fully saturated rings. The normalized spacial score (nSPS) is 22.6. The van der Waals surface area contributed by atoms with Crippen molar-refractivity contribution in [1.29, 1.82) is 0 Å². The number of thioether (sulfide) groups is 1. The summed E-state index contributed by atoms with van der Waals surface area (Å²) < 4.78 is 0. The van der Waals surface area contributed by atoms with Crippen molar-refractivity contribution in [2.24, 2.45) is 21.9 Å². The minimum atomic E-state index is -1.37. The lowest BCUT2D eigenvalue weighted by molar-refractivity contribution is -0.155. The van der Waals surface area contributed by atoms with Crippen LogP contribution in [0.5, 0.6) is 0 Å².